The second kappa shape index (κ2) is 8.34. The molecular weight excluding hydrogens is 456 g/mol. The van der Waals surface area contributed by atoms with Gasteiger partial charge in [0, 0.05) is 4.47 Å². The number of hydrogen-bond acceptors (Lipinski definition) is 6. The number of rotatable bonds is 4. The molecule has 0 bridgehead atoms. The summed E-state index contributed by atoms with van der Waals surface area (Å²) in [6.45, 7) is 0.211. The van der Waals surface area contributed by atoms with Crippen molar-refractivity contribution in [1.82, 2.24) is 0 Å². The maximum absolute atomic E-state index is 10.0. The minimum Gasteiger partial charge on any atom is -0.486 e. The van der Waals surface area contributed by atoms with Crippen molar-refractivity contribution in [1.29, 1.82) is 15.8 Å². The van der Waals surface area contributed by atoms with Crippen molar-refractivity contribution in [2.24, 2.45) is 17.1 Å². The summed E-state index contributed by atoms with van der Waals surface area (Å²) >= 11 is 3.39. The molecule has 0 aliphatic heterocycles. The summed E-state index contributed by atoms with van der Waals surface area (Å²) in [6, 6.07) is 17.4. The third-order valence-corrected chi connectivity index (χ3v) is 6.51. The Hall–Kier alpha value is -3.47. The summed E-state index contributed by atoms with van der Waals surface area (Å²) in [6.07, 6.45) is 4.52. The normalized spacial score (nSPS) is 21.8. The Labute approximate surface area is 188 Å². The van der Waals surface area contributed by atoms with Crippen LogP contribution in [0.4, 0.5) is 0 Å². The Bertz CT molecular complexity index is 1170. The van der Waals surface area contributed by atoms with E-state index in [1.54, 1.807) is 12.1 Å². The van der Waals surface area contributed by atoms with Crippen LogP contribution in [0, 0.1) is 45.3 Å². The predicted molar refractivity (Wildman–Crippen MR) is 116 cm³/mol. The minimum atomic E-state index is -1.66. The van der Waals surface area contributed by atoms with E-state index in [1.165, 1.54) is 0 Å². The van der Waals surface area contributed by atoms with E-state index in [4.69, 9.17) is 14.9 Å². The van der Waals surface area contributed by atoms with Gasteiger partial charge < -0.3 is 14.9 Å². The molecule has 6 nitrogen and oxygen atoms in total. The molecule has 1 aromatic heterocycles. The topological polar surface area (TPSA) is 120 Å². The summed E-state index contributed by atoms with van der Waals surface area (Å²) < 4.78 is 12.8. The first-order valence-electron chi connectivity index (χ1n) is 9.94. The first-order chi connectivity index (χ1) is 15.0. The second-order valence-corrected chi connectivity index (χ2v) is 8.57. The fraction of sp³-hybridized carbons (Fsp3) is 0.292. The van der Waals surface area contributed by atoms with Crippen LogP contribution in [0.3, 0.4) is 0 Å². The lowest BCUT2D eigenvalue weighted by molar-refractivity contribution is 0.238. The smallest absolute Gasteiger partial charge is 0.194 e. The van der Waals surface area contributed by atoms with E-state index in [1.807, 2.05) is 30.3 Å². The van der Waals surface area contributed by atoms with Crippen molar-refractivity contribution in [2.45, 2.75) is 31.8 Å². The van der Waals surface area contributed by atoms with E-state index >= 15 is 0 Å². The fourth-order valence-electron chi connectivity index (χ4n) is 4.50. The van der Waals surface area contributed by atoms with Gasteiger partial charge in [0.2, 0.25) is 0 Å². The van der Waals surface area contributed by atoms with Crippen molar-refractivity contribution < 1.29 is 9.15 Å². The molecule has 2 N–H and O–H groups in total. The second-order valence-electron chi connectivity index (χ2n) is 7.65. The molecular formula is C24H19BrN4O2. The number of furan rings is 1. The van der Waals surface area contributed by atoms with Gasteiger partial charge in [-0.05, 0) is 67.2 Å². The maximum Gasteiger partial charge on any atom is 0.194 e. The Morgan fingerprint density at radius 3 is 2.55 bits per heavy atom. The Balaban J connectivity index is 1.70. The molecule has 1 heterocycles. The summed E-state index contributed by atoms with van der Waals surface area (Å²) in [5.41, 5.74) is 5.71. The molecule has 2 aliphatic carbocycles. The Morgan fingerprint density at radius 2 is 1.87 bits per heavy atom. The summed E-state index contributed by atoms with van der Waals surface area (Å²) in [7, 11) is 0. The summed E-state index contributed by atoms with van der Waals surface area (Å²) in [4.78, 5) is 0. The van der Waals surface area contributed by atoms with Crippen LogP contribution >= 0.6 is 15.9 Å². The highest BCUT2D eigenvalue weighted by atomic mass is 79.9. The van der Waals surface area contributed by atoms with Gasteiger partial charge in [0.05, 0.1) is 29.3 Å². The molecule has 2 atom stereocenters. The molecule has 0 spiro atoms. The molecule has 2 aliphatic rings. The monoisotopic (exact) mass is 474 g/mol. The van der Waals surface area contributed by atoms with Crippen LogP contribution in [0.2, 0.25) is 0 Å². The third-order valence-electron chi connectivity index (χ3n) is 5.98. The van der Waals surface area contributed by atoms with E-state index in [-0.39, 0.29) is 23.8 Å². The minimum absolute atomic E-state index is 0.0125. The lowest BCUT2D eigenvalue weighted by Gasteiger charge is -2.42. The van der Waals surface area contributed by atoms with E-state index in [2.05, 4.69) is 34.1 Å². The first kappa shape index (κ1) is 20.8. The van der Waals surface area contributed by atoms with Gasteiger partial charge in [0.25, 0.3) is 0 Å². The fourth-order valence-corrected chi connectivity index (χ4v) is 4.77. The molecule has 0 saturated heterocycles. The number of fused-ring (bicyclic) bond motifs is 1. The van der Waals surface area contributed by atoms with Gasteiger partial charge in [-0.2, -0.15) is 15.8 Å². The molecule has 154 valence electrons. The zero-order chi connectivity index (χ0) is 22.0. The Kier molecular flexibility index (Phi) is 5.59. The van der Waals surface area contributed by atoms with Gasteiger partial charge in [-0.25, -0.2) is 0 Å². The average Bonchev–Trinajstić information content (AvgIpc) is 3.26. The summed E-state index contributed by atoms with van der Waals surface area (Å²) in [5, 5.41) is 29.8. The van der Waals surface area contributed by atoms with E-state index in [0.717, 1.165) is 29.3 Å². The van der Waals surface area contributed by atoms with Gasteiger partial charge in [-0.3, -0.25) is 0 Å². The van der Waals surface area contributed by atoms with Crippen LogP contribution in [-0.4, -0.2) is 0 Å². The van der Waals surface area contributed by atoms with Crippen molar-refractivity contribution >= 4 is 15.9 Å². The largest absolute Gasteiger partial charge is 0.486 e. The third kappa shape index (κ3) is 3.50. The van der Waals surface area contributed by atoms with E-state index in [9.17, 15) is 15.8 Å². The van der Waals surface area contributed by atoms with Gasteiger partial charge in [0.1, 0.15) is 29.9 Å². The highest BCUT2D eigenvalue weighted by Crippen LogP contribution is 2.55. The van der Waals surface area contributed by atoms with Crippen LogP contribution < -0.4 is 10.5 Å². The molecule has 31 heavy (non-hydrogen) atoms. The van der Waals surface area contributed by atoms with Crippen LogP contribution in [-0.2, 0) is 6.61 Å². The molecule has 0 radical (unpaired) electrons. The number of nitriles is 3. The maximum atomic E-state index is 10.0. The van der Waals surface area contributed by atoms with Crippen molar-refractivity contribution in [3.05, 3.63) is 75.3 Å². The lowest BCUT2D eigenvalue weighted by atomic mass is 9.58. The zero-order valence-electron chi connectivity index (χ0n) is 16.6. The highest BCUT2D eigenvalue weighted by molar-refractivity contribution is 9.10. The number of benzene rings is 1. The zero-order valence-corrected chi connectivity index (χ0v) is 18.2. The van der Waals surface area contributed by atoms with Crippen molar-refractivity contribution in [2.75, 3.05) is 0 Å². The molecule has 0 saturated carbocycles. The van der Waals surface area contributed by atoms with Gasteiger partial charge >= 0.3 is 0 Å². The lowest BCUT2D eigenvalue weighted by Crippen LogP contribution is -2.42. The van der Waals surface area contributed by atoms with Crippen LogP contribution in [0.5, 0.6) is 5.75 Å². The number of allylic oxidation sites excluding steroid dienone is 4. The summed E-state index contributed by atoms with van der Waals surface area (Å²) in [5.74, 6) is 1.02. The van der Waals surface area contributed by atoms with Crippen LogP contribution in [0.25, 0.3) is 0 Å². The molecule has 2 aromatic rings. The number of nitrogens with two attached hydrogens (primary N) is 1. The number of hydrogen-bond donors (Lipinski definition) is 1. The van der Waals surface area contributed by atoms with E-state index in [0.29, 0.717) is 17.3 Å². The molecule has 0 unspecified atom stereocenters. The van der Waals surface area contributed by atoms with Gasteiger partial charge in [-0.15, -0.1) is 0 Å². The van der Waals surface area contributed by atoms with Crippen molar-refractivity contribution in [3.63, 3.8) is 0 Å². The van der Waals surface area contributed by atoms with Crippen molar-refractivity contribution in [3.8, 4) is 24.0 Å². The van der Waals surface area contributed by atoms with Gasteiger partial charge in [0.15, 0.2) is 5.41 Å². The SMILES string of the molecule is N#CC1=C(N)C(C#N)(C#N)[C@H](c2ccc(COc3ccc(Br)cc3)o2)[C@@H]2CCCC=C12. The standard InChI is InChI=1S/C24H19BrN4O2/c25-15-5-7-16(8-6-15)30-12-17-9-10-21(31-17)22-19-4-2-1-3-18(19)20(11-26)23(29)24(22,13-27)14-28/h3,5-10,19,22H,1-2,4,12,29H2/t19-,22+/m1/s1. The average molecular weight is 475 g/mol. The quantitative estimate of drug-likeness (QED) is 0.648. The molecule has 4 rings (SSSR count). The predicted octanol–water partition coefficient (Wildman–Crippen LogP) is 5.21. The van der Waals surface area contributed by atoms with E-state index < -0.39 is 11.3 Å². The van der Waals surface area contributed by atoms with Crippen LogP contribution in [0.15, 0.2) is 68.2 Å². The van der Waals surface area contributed by atoms with Gasteiger partial charge in [-0.1, -0.05) is 22.0 Å². The molecule has 1 aromatic carbocycles. The number of ether oxygens (including phenoxy) is 1. The number of nitrogens with zero attached hydrogens (tertiary/aromatic N) is 3. The molecule has 0 fully saturated rings. The van der Waals surface area contributed by atoms with Crippen LogP contribution in [0.1, 0.15) is 36.7 Å². The highest BCUT2D eigenvalue weighted by Gasteiger charge is 2.55. The molecule has 7 heteroatoms. The Morgan fingerprint density at radius 1 is 1.13 bits per heavy atom. The number of halogens is 1. The first-order valence-corrected chi connectivity index (χ1v) is 10.7. The molecule has 0 amide bonds.